The molecule has 0 rings (SSSR count). The van der Waals surface area contributed by atoms with E-state index in [1.54, 1.807) is 6.07 Å². The fourth-order valence-electron chi connectivity index (χ4n) is 0. The van der Waals surface area contributed by atoms with Gasteiger partial charge in [-0.15, -0.1) is 0 Å². The second-order valence-electron chi connectivity index (χ2n) is 0.333. The van der Waals surface area contributed by atoms with Crippen LogP contribution in [0.4, 0.5) is 0 Å². The van der Waals surface area contributed by atoms with E-state index in [0.29, 0.717) is 0 Å². The molecule has 0 aliphatic rings. The summed E-state index contributed by atoms with van der Waals surface area (Å²) in [6.45, 7) is 3.12. The second-order valence-corrected chi connectivity index (χ2v) is 0.333. The Labute approximate surface area is 41.5 Å². The molecule has 2 heteroatoms. The van der Waals surface area contributed by atoms with Crippen molar-refractivity contribution in [1.29, 1.82) is 5.26 Å². The Kier molecular flexibility index (Phi) is 16.4. The topological polar surface area (TPSA) is 23.8 Å². The summed E-state index contributed by atoms with van der Waals surface area (Å²) in [5, 5.41) is 7.51. The molecule has 0 amide bonds. The maximum atomic E-state index is 7.51. The maximum absolute atomic E-state index is 7.51. The quantitative estimate of drug-likeness (QED) is 0.423. The van der Waals surface area contributed by atoms with Crippen molar-refractivity contribution in [2.75, 3.05) is 0 Å². The molecule has 0 saturated carbocycles. The fraction of sp³-hybridized carbons (Fsp3) is 0. The van der Waals surface area contributed by atoms with Gasteiger partial charge in [-0.1, -0.05) is 6.58 Å². The summed E-state index contributed by atoms with van der Waals surface area (Å²) in [4.78, 5) is 0. The van der Waals surface area contributed by atoms with Crippen molar-refractivity contribution < 1.29 is 16.8 Å². The summed E-state index contributed by atoms with van der Waals surface area (Å²) in [6.07, 6.45) is 1.18. The molecular formula is C3H3CoN. The van der Waals surface area contributed by atoms with Gasteiger partial charge in [-0.05, 0) is 0 Å². The summed E-state index contributed by atoms with van der Waals surface area (Å²) in [6, 6.07) is 1.69. The Morgan fingerprint density at radius 2 is 2.00 bits per heavy atom. The first-order valence-electron chi connectivity index (χ1n) is 0.921. The minimum atomic E-state index is 0. The van der Waals surface area contributed by atoms with E-state index >= 15 is 0 Å². The molecule has 0 bridgehead atoms. The van der Waals surface area contributed by atoms with Crippen LogP contribution in [-0.2, 0) is 16.8 Å². The Balaban J connectivity index is 0. The van der Waals surface area contributed by atoms with Gasteiger partial charge in [-0.25, -0.2) is 0 Å². The predicted molar refractivity (Wildman–Crippen MR) is 15.8 cm³/mol. The number of allylic oxidation sites excluding steroid dienone is 1. The molecule has 1 radical (unpaired) electrons. The molecular weight excluding hydrogens is 109 g/mol. The molecule has 0 unspecified atom stereocenters. The minimum Gasteiger partial charge on any atom is -0.193 e. The third kappa shape index (κ3) is 20.8. The summed E-state index contributed by atoms with van der Waals surface area (Å²) < 4.78 is 0. The van der Waals surface area contributed by atoms with Crippen LogP contribution < -0.4 is 0 Å². The van der Waals surface area contributed by atoms with Crippen molar-refractivity contribution in [2.24, 2.45) is 0 Å². The van der Waals surface area contributed by atoms with Gasteiger partial charge in [0.05, 0.1) is 6.07 Å². The third-order valence-electron chi connectivity index (χ3n) is 0.0913. The van der Waals surface area contributed by atoms with Crippen LogP contribution in [0, 0.1) is 11.3 Å². The van der Waals surface area contributed by atoms with Crippen LogP contribution in [0.5, 0.6) is 0 Å². The largest absolute Gasteiger partial charge is 0.193 e. The van der Waals surface area contributed by atoms with Crippen LogP contribution in [0.15, 0.2) is 12.7 Å². The Morgan fingerprint density at radius 1 is 1.80 bits per heavy atom. The molecule has 0 spiro atoms. The Morgan fingerprint density at radius 3 is 2.00 bits per heavy atom. The molecule has 0 N–H and O–H groups in total. The normalized spacial score (nSPS) is 3.00. The second kappa shape index (κ2) is 9.28. The fourth-order valence-corrected chi connectivity index (χ4v) is 0. The van der Waals surface area contributed by atoms with Crippen LogP contribution >= 0.6 is 0 Å². The SMILES string of the molecule is C=CC#N.[Co]. The van der Waals surface area contributed by atoms with Gasteiger partial charge in [0.15, 0.2) is 0 Å². The first-order valence-corrected chi connectivity index (χ1v) is 0.921. The van der Waals surface area contributed by atoms with Gasteiger partial charge in [0.1, 0.15) is 0 Å². The van der Waals surface area contributed by atoms with Gasteiger partial charge < -0.3 is 0 Å². The number of rotatable bonds is 0. The van der Waals surface area contributed by atoms with E-state index in [-0.39, 0.29) is 16.8 Å². The standard InChI is InChI=1S/C3H3N.Co/c1-2-3-4;/h2H,1H2;. The minimum absolute atomic E-state index is 0. The van der Waals surface area contributed by atoms with E-state index in [1.807, 2.05) is 0 Å². The van der Waals surface area contributed by atoms with Crippen molar-refractivity contribution in [3.63, 3.8) is 0 Å². The summed E-state index contributed by atoms with van der Waals surface area (Å²) >= 11 is 0. The predicted octanol–water partition coefficient (Wildman–Crippen LogP) is 0.693. The van der Waals surface area contributed by atoms with Crippen molar-refractivity contribution in [3.8, 4) is 6.07 Å². The molecule has 0 aromatic carbocycles. The van der Waals surface area contributed by atoms with E-state index in [1.165, 1.54) is 6.08 Å². The average molecular weight is 112 g/mol. The monoisotopic (exact) mass is 112 g/mol. The van der Waals surface area contributed by atoms with Crippen LogP contribution in [0.1, 0.15) is 0 Å². The summed E-state index contributed by atoms with van der Waals surface area (Å²) in [5.41, 5.74) is 0. The van der Waals surface area contributed by atoms with Crippen molar-refractivity contribution >= 4 is 0 Å². The molecule has 0 fully saturated rings. The molecule has 0 aromatic rings. The molecule has 0 aliphatic heterocycles. The summed E-state index contributed by atoms with van der Waals surface area (Å²) in [7, 11) is 0. The first-order chi connectivity index (χ1) is 1.91. The van der Waals surface area contributed by atoms with Crippen LogP contribution in [0.3, 0.4) is 0 Å². The zero-order chi connectivity index (χ0) is 3.41. The Bertz CT molecular complexity index is 52.4. The zero-order valence-electron chi connectivity index (χ0n) is 2.57. The van der Waals surface area contributed by atoms with E-state index in [9.17, 15) is 0 Å². The third-order valence-corrected chi connectivity index (χ3v) is 0.0913. The van der Waals surface area contributed by atoms with Crippen molar-refractivity contribution in [3.05, 3.63) is 12.7 Å². The molecule has 0 aliphatic carbocycles. The van der Waals surface area contributed by atoms with Gasteiger partial charge >= 0.3 is 0 Å². The average Bonchev–Trinajstić information content (AvgIpc) is 1.37. The van der Waals surface area contributed by atoms with Crippen LogP contribution in [0.25, 0.3) is 0 Å². The number of nitrogens with zero attached hydrogens (tertiary/aromatic N) is 1. The molecule has 5 heavy (non-hydrogen) atoms. The van der Waals surface area contributed by atoms with E-state index in [2.05, 4.69) is 6.58 Å². The van der Waals surface area contributed by atoms with Crippen molar-refractivity contribution in [2.45, 2.75) is 0 Å². The number of nitriles is 1. The van der Waals surface area contributed by atoms with Gasteiger partial charge in [-0.3, -0.25) is 0 Å². The van der Waals surface area contributed by atoms with Crippen molar-refractivity contribution in [1.82, 2.24) is 0 Å². The molecule has 0 saturated heterocycles. The molecule has 0 heterocycles. The van der Waals surface area contributed by atoms with Gasteiger partial charge in [0.2, 0.25) is 0 Å². The van der Waals surface area contributed by atoms with Gasteiger partial charge in [0.25, 0.3) is 0 Å². The smallest absolute Gasteiger partial charge is 0.0905 e. The van der Waals surface area contributed by atoms with Gasteiger partial charge in [0, 0.05) is 22.9 Å². The molecule has 29 valence electrons. The van der Waals surface area contributed by atoms with E-state index < -0.39 is 0 Å². The Hall–Kier alpha value is -0.264. The first kappa shape index (κ1) is 8.83. The maximum Gasteiger partial charge on any atom is 0.0905 e. The number of hydrogen-bond donors (Lipinski definition) is 0. The summed E-state index contributed by atoms with van der Waals surface area (Å²) in [5.74, 6) is 0. The zero-order valence-corrected chi connectivity index (χ0v) is 3.61. The van der Waals surface area contributed by atoms with E-state index in [0.717, 1.165) is 0 Å². The molecule has 0 aromatic heterocycles. The number of hydrogen-bond acceptors (Lipinski definition) is 1. The molecule has 1 nitrogen and oxygen atoms in total. The van der Waals surface area contributed by atoms with E-state index in [4.69, 9.17) is 5.26 Å². The van der Waals surface area contributed by atoms with Crippen LogP contribution in [-0.4, -0.2) is 0 Å². The van der Waals surface area contributed by atoms with Crippen LogP contribution in [0.2, 0.25) is 0 Å². The van der Waals surface area contributed by atoms with Gasteiger partial charge in [-0.2, -0.15) is 5.26 Å². The molecule has 0 atom stereocenters.